The van der Waals surface area contributed by atoms with Gasteiger partial charge in [0, 0.05) is 24.9 Å². The number of guanidine groups is 1. The maximum absolute atomic E-state index is 14.0. The van der Waals surface area contributed by atoms with E-state index in [1.165, 1.54) is 6.42 Å². The average molecular weight is 643 g/mol. The number of carboxylic acid groups (broad SMARTS) is 1. The summed E-state index contributed by atoms with van der Waals surface area (Å²) in [6.45, 7) is 1.52. The van der Waals surface area contributed by atoms with E-state index in [9.17, 15) is 14.4 Å². The summed E-state index contributed by atoms with van der Waals surface area (Å²) in [6, 6.07) is 5.91. The summed E-state index contributed by atoms with van der Waals surface area (Å²) in [4.78, 5) is 52.9. The van der Waals surface area contributed by atoms with Crippen LogP contribution in [0.1, 0.15) is 102 Å². The van der Waals surface area contributed by atoms with Gasteiger partial charge in [-0.25, -0.2) is 0 Å². The van der Waals surface area contributed by atoms with Crippen LogP contribution in [-0.2, 0) is 25.6 Å². The number of aliphatic imine (C=N–C) groups is 1. The number of hydrogen-bond donors (Lipinski definition) is 8. The minimum absolute atomic E-state index is 0.0000472. The number of aliphatic carboxylic acids is 1. The van der Waals surface area contributed by atoms with Crippen molar-refractivity contribution in [1.29, 1.82) is 5.41 Å². The molecule has 0 heterocycles. The van der Waals surface area contributed by atoms with Gasteiger partial charge in [-0.05, 0) is 68.8 Å². The lowest BCUT2D eigenvalue weighted by Crippen LogP contribution is -2.57. The summed E-state index contributed by atoms with van der Waals surface area (Å²) in [5, 5.41) is 21.1. The quantitative estimate of drug-likeness (QED) is 0.0798. The molecule has 13 heteroatoms. The van der Waals surface area contributed by atoms with E-state index in [0.717, 1.165) is 70.3 Å². The molecule has 2 saturated carbocycles. The second kappa shape index (κ2) is 20.1. The lowest BCUT2D eigenvalue weighted by molar-refractivity contribution is -0.135. The number of unbranched alkanes of at least 4 members (excludes halogenated alkanes) is 1. The third-order valence-corrected chi connectivity index (χ3v) is 8.83. The van der Waals surface area contributed by atoms with Crippen LogP contribution in [0.15, 0.2) is 29.3 Å². The molecular formula is C33H54N8O5. The first-order valence-electron chi connectivity index (χ1n) is 16.5. The van der Waals surface area contributed by atoms with Crippen LogP contribution in [0.2, 0.25) is 0 Å². The van der Waals surface area contributed by atoms with Crippen molar-refractivity contribution in [2.45, 2.75) is 109 Å². The van der Waals surface area contributed by atoms with E-state index in [-0.39, 0.29) is 41.4 Å². The lowest BCUT2D eigenvalue weighted by atomic mass is 9.76. The zero-order chi connectivity index (χ0) is 34.1. The Hall–Kier alpha value is -4.16. The number of nitrogens with two attached hydrogens (primary N) is 4. The minimum atomic E-state index is -0.839. The molecule has 2 fully saturated rings. The van der Waals surface area contributed by atoms with E-state index < -0.39 is 24.0 Å². The molecule has 0 bridgehead atoms. The molecule has 3 rings (SSSR count). The third kappa shape index (κ3) is 13.9. The van der Waals surface area contributed by atoms with Crippen molar-refractivity contribution in [2.24, 2.45) is 45.7 Å². The molecule has 3 amide bonds. The van der Waals surface area contributed by atoms with Gasteiger partial charge < -0.3 is 38.7 Å². The number of primary amides is 1. The van der Waals surface area contributed by atoms with Gasteiger partial charge in [0.25, 0.3) is 5.97 Å². The minimum Gasteiger partial charge on any atom is -0.481 e. The standard InChI is InChI=1S/C31H50N8O3.C2H4O2/c32-27(33)23-16-14-20(15-17-23)19-24(21-9-3-1-4-10-21)29(41)39-26(22-11-5-2-6-12-22)30(42)38-25(28(34)40)13-7-8-18-37-31(35)36;1-2(3)4/h14-17,21-22,24-26H,1-13,18-19H2,(H3,32,33)(H2,34,40)(H,38,42)(H,39,41)(H4,35,36,37);1H3,(H,3,4). The second-order valence-corrected chi connectivity index (χ2v) is 12.5. The van der Waals surface area contributed by atoms with Gasteiger partial charge in [-0.15, -0.1) is 0 Å². The van der Waals surface area contributed by atoms with Gasteiger partial charge in [-0.3, -0.25) is 29.6 Å². The Balaban J connectivity index is 0.00000173. The highest BCUT2D eigenvalue weighted by Crippen LogP contribution is 2.33. The summed E-state index contributed by atoms with van der Waals surface area (Å²) in [7, 11) is 0. The molecule has 2 aliphatic carbocycles. The number of amidine groups is 1. The number of hydrogen-bond acceptors (Lipinski definition) is 6. The fourth-order valence-corrected chi connectivity index (χ4v) is 6.43. The Morgan fingerprint density at radius 3 is 1.89 bits per heavy atom. The van der Waals surface area contributed by atoms with Crippen LogP contribution in [0.4, 0.5) is 0 Å². The predicted octanol–water partition coefficient (Wildman–Crippen LogP) is 2.28. The van der Waals surface area contributed by atoms with Crippen LogP contribution in [-0.4, -0.2) is 59.2 Å². The summed E-state index contributed by atoms with van der Waals surface area (Å²) < 4.78 is 0. The highest BCUT2D eigenvalue weighted by Gasteiger charge is 2.36. The SMILES string of the molecule is CC(=O)O.N=C(N)c1ccc(CC(C(=O)NC(C(=O)NC(CCCCN=C(N)N)C(N)=O)C2CCCCC2)C2CCCCC2)cc1. The topological polar surface area (TPSA) is 253 Å². The Labute approximate surface area is 272 Å². The molecule has 0 saturated heterocycles. The van der Waals surface area contributed by atoms with Crippen LogP contribution in [0.3, 0.4) is 0 Å². The Kier molecular flexibility index (Phi) is 16.6. The van der Waals surface area contributed by atoms with E-state index in [1.54, 1.807) is 0 Å². The predicted molar refractivity (Wildman–Crippen MR) is 179 cm³/mol. The van der Waals surface area contributed by atoms with Gasteiger partial charge in [0.1, 0.15) is 17.9 Å². The van der Waals surface area contributed by atoms with Crippen LogP contribution in [0.25, 0.3) is 0 Å². The Bertz CT molecular complexity index is 1170. The summed E-state index contributed by atoms with van der Waals surface area (Å²) in [5.41, 5.74) is 23.7. The van der Waals surface area contributed by atoms with E-state index in [4.69, 9.17) is 38.2 Å². The van der Waals surface area contributed by atoms with Gasteiger partial charge >= 0.3 is 0 Å². The van der Waals surface area contributed by atoms with E-state index in [1.807, 2.05) is 24.3 Å². The molecule has 13 nitrogen and oxygen atoms in total. The van der Waals surface area contributed by atoms with Crippen molar-refractivity contribution in [3.05, 3.63) is 35.4 Å². The highest BCUT2D eigenvalue weighted by molar-refractivity contribution is 5.95. The van der Waals surface area contributed by atoms with Crippen molar-refractivity contribution < 1.29 is 24.3 Å². The molecule has 3 unspecified atom stereocenters. The fraction of sp³-hybridized carbons (Fsp3) is 0.636. The van der Waals surface area contributed by atoms with Gasteiger partial charge in [0.15, 0.2) is 5.96 Å². The Morgan fingerprint density at radius 2 is 1.39 bits per heavy atom. The number of carboxylic acids is 1. The van der Waals surface area contributed by atoms with Crippen LogP contribution < -0.4 is 33.6 Å². The number of nitrogens with zero attached hydrogens (tertiary/aromatic N) is 1. The molecule has 2 aliphatic rings. The summed E-state index contributed by atoms with van der Waals surface area (Å²) in [5.74, 6) is -1.94. The van der Waals surface area contributed by atoms with E-state index >= 15 is 0 Å². The first-order valence-corrected chi connectivity index (χ1v) is 16.5. The number of rotatable bonds is 15. The van der Waals surface area contributed by atoms with Gasteiger partial charge in [-0.1, -0.05) is 62.8 Å². The van der Waals surface area contributed by atoms with Gasteiger partial charge in [0.2, 0.25) is 17.7 Å². The summed E-state index contributed by atoms with van der Waals surface area (Å²) in [6.07, 6.45) is 12.3. The molecule has 1 aromatic rings. The monoisotopic (exact) mass is 642 g/mol. The maximum atomic E-state index is 14.0. The number of carbonyl (C=O) groups is 4. The molecule has 3 atom stereocenters. The third-order valence-electron chi connectivity index (χ3n) is 8.83. The first kappa shape index (κ1) is 38.0. The normalized spacial score (nSPS) is 17.2. The fourth-order valence-electron chi connectivity index (χ4n) is 6.43. The number of benzene rings is 1. The smallest absolute Gasteiger partial charge is 0.300 e. The molecule has 12 N–H and O–H groups in total. The number of amides is 3. The Morgan fingerprint density at radius 1 is 0.848 bits per heavy atom. The zero-order valence-electron chi connectivity index (χ0n) is 27.1. The molecular weight excluding hydrogens is 588 g/mol. The number of carbonyl (C=O) groups excluding carboxylic acids is 3. The van der Waals surface area contributed by atoms with Crippen molar-refractivity contribution >= 4 is 35.5 Å². The molecule has 0 spiro atoms. The molecule has 0 aliphatic heterocycles. The van der Waals surface area contributed by atoms with Gasteiger partial charge in [0.05, 0.1) is 0 Å². The van der Waals surface area contributed by atoms with Crippen molar-refractivity contribution in [3.63, 3.8) is 0 Å². The van der Waals surface area contributed by atoms with Crippen molar-refractivity contribution in [1.82, 2.24) is 10.6 Å². The highest BCUT2D eigenvalue weighted by atomic mass is 16.4. The second-order valence-electron chi connectivity index (χ2n) is 12.5. The van der Waals surface area contributed by atoms with Gasteiger partial charge in [-0.2, -0.15) is 0 Å². The first-order chi connectivity index (χ1) is 21.9. The number of nitrogen functional groups attached to an aromatic ring is 1. The molecule has 0 aromatic heterocycles. The van der Waals surface area contributed by atoms with Crippen LogP contribution in [0, 0.1) is 23.2 Å². The largest absolute Gasteiger partial charge is 0.481 e. The molecule has 46 heavy (non-hydrogen) atoms. The summed E-state index contributed by atoms with van der Waals surface area (Å²) >= 11 is 0. The average Bonchev–Trinajstić information content (AvgIpc) is 3.02. The maximum Gasteiger partial charge on any atom is 0.300 e. The lowest BCUT2D eigenvalue weighted by Gasteiger charge is -2.34. The number of nitrogens with one attached hydrogen (secondary N) is 3. The molecule has 256 valence electrons. The molecule has 0 radical (unpaired) electrons. The van der Waals surface area contributed by atoms with Crippen LogP contribution >= 0.6 is 0 Å². The van der Waals surface area contributed by atoms with E-state index in [0.29, 0.717) is 37.8 Å². The van der Waals surface area contributed by atoms with E-state index in [2.05, 4.69) is 15.6 Å². The molecule has 1 aromatic carbocycles. The zero-order valence-corrected chi connectivity index (χ0v) is 27.1. The van der Waals surface area contributed by atoms with Crippen molar-refractivity contribution in [3.8, 4) is 0 Å². The van der Waals surface area contributed by atoms with Crippen molar-refractivity contribution in [2.75, 3.05) is 6.54 Å². The van der Waals surface area contributed by atoms with Crippen LogP contribution in [0.5, 0.6) is 0 Å².